The number of rotatable bonds is 1. The number of hydrogen-bond acceptors (Lipinski definition) is 3. The second-order valence-electron chi connectivity index (χ2n) is 2.49. The molecule has 0 aliphatic rings. The van der Waals surface area contributed by atoms with Crippen LogP contribution in [0.5, 0.6) is 0 Å². The number of carboxylic acid groups (broad SMARTS) is 1. The first-order valence-corrected chi connectivity index (χ1v) is 3.82. The van der Waals surface area contributed by atoms with Crippen LogP contribution in [0.4, 0.5) is 0 Å². The van der Waals surface area contributed by atoms with Gasteiger partial charge in [0, 0.05) is 11.9 Å². The summed E-state index contributed by atoms with van der Waals surface area (Å²) in [5.41, 5.74) is 1.07. The van der Waals surface area contributed by atoms with Crippen LogP contribution in [0, 0.1) is 6.92 Å². The maximum absolute atomic E-state index is 9.45. The van der Waals surface area contributed by atoms with Gasteiger partial charge in [0.05, 0.1) is 0 Å². The lowest BCUT2D eigenvalue weighted by Gasteiger charge is -1.89. The number of aryl methyl sites for hydroxylation is 1. The summed E-state index contributed by atoms with van der Waals surface area (Å²) in [6, 6.07) is 5.86. The molecule has 0 saturated carbocycles. The minimum atomic E-state index is -1.23. The summed E-state index contributed by atoms with van der Waals surface area (Å²) in [6.45, 7) is 3.17. The average molecular weight is 183 g/mol. The average Bonchev–Trinajstić information content (AvgIpc) is 2.06. The van der Waals surface area contributed by atoms with Gasteiger partial charge in [-0.15, -0.1) is 0 Å². The van der Waals surface area contributed by atoms with E-state index in [9.17, 15) is 4.79 Å². The van der Waals surface area contributed by atoms with E-state index >= 15 is 0 Å². The van der Waals surface area contributed by atoms with E-state index < -0.39 is 12.1 Å². The molecule has 0 amide bonds. The molecule has 0 bridgehead atoms. The standard InChI is InChI=1S/C6H7N.C3H6O3/c1-6-4-2-3-5-7-6;1-2(4)3(5)6/h2-5H,1H3;2,4H,1H3,(H,5,6). The Morgan fingerprint density at radius 1 is 1.54 bits per heavy atom. The number of pyridine rings is 1. The summed E-state index contributed by atoms with van der Waals surface area (Å²) in [5.74, 6) is -1.19. The van der Waals surface area contributed by atoms with Crippen LogP contribution in [0.15, 0.2) is 24.4 Å². The molecule has 1 atom stereocenters. The maximum atomic E-state index is 9.45. The fraction of sp³-hybridized carbons (Fsp3) is 0.333. The highest BCUT2D eigenvalue weighted by atomic mass is 16.4. The lowest BCUT2D eigenvalue weighted by molar-refractivity contribution is -0.145. The number of aliphatic hydroxyl groups excluding tert-OH is 1. The first kappa shape index (κ1) is 11.6. The summed E-state index contributed by atoms with van der Waals surface area (Å²) in [7, 11) is 0. The molecule has 4 heteroatoms. The quantitative estimate of drug-likeness (QED) is 0.676. The van der Waals surface area contributed by atoms with Gasteiger partial charge < -0.3 is 10.2 Å². The number of carboxylic acids is 1. The zero-order valence-electron chi connectivity index (χ0n) is 7.64. The Labute approximate surface area is 76.9 Å². The van der Waals surface area contributed by atoms with Gasteiger partial charge in [-0.1, -0.05) is 6.07 Å². The minimum Gasteiger partial charge on any atom is -0.479 e. The molecule has 1 unspecified atom stereocenters. The molecule has 0 fully saturated rings. The van der Waals surface area contributed by atoms with E-state index in [0.717, 1.165) is 5.69 Å². The Bertz CT molecular complexity index is 246. The molecule has 72 valence electrons. The number of carbonyl (C=O) groups is 1. The number of aliphatic hydroxyl groups is 1. The molecule has 0 aliphatic carbocycles. The van der Waals surface area contributed by atoms with E-state index in [0.29, 0.717) is 0 Å². The highest BCUT2D eigenvalue weighted by molar-refractivity contribution is 5.71. The molecule has 1 aromatic heterocycles. The molecule has 1 heterocycles. The van der Waals surface area contributed by atoms with Crippen molar-refractivity contribution in [2.45, 2.75) is 20.0 Å². The van der Waals surface area contributed by atoms with Crippen molar-refractivity contribution < 1.29 is 15.0 Å². The van der Waals surface area contributed by atoms with Gasteiger partial charge in [-0.25, -0.2) is 4.79 Å². The predicted molar refractivity (Wildman–Crippen MR) is 48.3 cm³/mol. The topological polar surface area (TPSA) is 70.4 Å². The maximum Gasteiger partial charge on any atom is 0.332 e. The Morgan fingerprint density at radius 3 is 2.23 bits per heavy atom. The van der Waals surface area contributed by atoms with Crippen molar-refractivity contribution in [2.24, 2.45) is 0 Å². The Kier molecular flexibility index (Phi) is 5.47. The summed E-state index contributed by atoms with van der Waals surface area (Å²) < 4.78 is 0. The van der Waals surface area contributed by atoms with Crippen molar-refractivity contribution in [1.82, 2.24) is 4.98 Å². The molecule has 0 aromatic carbocycles. The van der Waals surface area contributed by atoms with Crippen molar-refractivity contribution in [2.75, 3.05) is 0 Å². The fourth-order valence-electron chi connectivity index (χ4n) is 0.448. The van der Waals surface area contributed by atoms with Crippen molar-refractivity contribution in [3.63, 3.8) is 0 Å². The van der Waals surface area contributed by atoms with Crippen LogP contribution in [-0.4, -0.2) is 27.3 Å². The van der Waals surface area contributed by atoms with Gasteiger partial charge in [0.1, 0.15) is 6.10 Å². The zero-order chi connectivity index (χ0) is 10.3. The first-order valence-electron chi connectivity index (χ1n) is 3.82. The Morgan fingerprint density at radius 2 is 2.08 bits per heavy atom. The molecule has 0 saturated heterocycles. The predicted octanol–water partition coefficient (Wildman–Crippen LogP) is 0.842. The molecule has 2 N–H and O–H groups in total. The SMILES string of the molecule is CC(O)C(=O)O.Cc1ccccn1. The number of aliphatic carboxylic acids is 1. The Balaban J connectivity index is 0.000000226. The third-order valence-corrected chi connectivity index (χ3v) is 1.17. The van der Waals surface area contributed by atoms with E-state index in [4.69, 9.17) is 10.2 Å². The molecule has 1 aromatic rings. The molecular formula is C9H13NO3. The van der Waals surface area contributed by atoms with Gasteiger partial charge in [-0.05, 0) is 26.0 Å². The van der Waals surface area contributed by atoms with Gasteiger partial charge in [-0.3, -0.25) is 4.98 Å². The third-order valence-electron chi connectivity index (χ3n) is 1.17. The van der Waals surface area contributed by atoms with Gasteiger partial charge in [0.2, 0.25) is 0 Å². The lowest BCUT2D eigenvalue weighted by Crippen LogP contribution is -2.13. The molecule has 0 aliphatic heterocycles. The number of aromatic nitrogens is 1. The molecule has 4 nitrogen and oxygen atoms in total. The number of nitrogens with zero attached hydrogens (tertiary/aromatic N) is 1. The van der Waals surface area contributed by atoms with E-state index in [1.165, 1.54) is 6.92 Å². The summed E-state index contributed by atoms with van der Waals surface area (Å²) in [4.78, 5) is 13.4. The smallest absolute Gasteiger partial charge is 0.332 e. The second kappa shape index (κ2) is 6.14. The molecule has 1 rings (SSSR count). The van der Waals surface area contributed by atoms with Crippen molar-refractivity contribution in [1.29, 1.82) is 0 Å². The van der Waals surface area contributed by atoms with Gasteiger partial charge in [0.25, 0.3) is 0 Å². The fourth-order valence-corrected chi connectivity index (χ4v) is 0.448. The van der Waals surface area contributed by atoms with Crippen molar-refractivity contribution in [3.05, 3.63) is 30.1 Å². The highest BCUT2D eigenvalue weighted by Gasteiger charge is 2.01. The van der Waals surface area contributed by atoms with Gasteiger partial charge in [-0.2, -0.15) is 0 Å². The molecule has 0 radical (unpaired) electrons. The van der Waals surface area contributed by atoms with E-state index in [2.05, 4.69) is 4.98 Å². The van der Waals surface area contributed by atoms with Crippen molar-refractivity contribution in [3.8, 4) is 0 Å². The first-order chi connectivity index (χ1) is 6.04. The van der Waals surface area contributed by atoms with E-state index in [-0.39, 0.29) is 0 Å². The van der Waals surface area contributed by atoms with Crippen LogP contribution in [0.2, 0.25) is 0 Å². The normalized spacial score (nSPS) is 11.0. The molecular weight excluding hydrogens is 170 g/mol. The van der Waals surface area contributed by atoms with Crippen LogP contribution in [0.25, 0.3) is 0 Å². The van der Waals surface area contributed by atoms with Crippen molar-refractivity contribution >= 4 is 5.97 Å². The second-order valence-corrected chi connectivity index (χ2v) is 2.49. The van der Waals surface area contributed by atoms with Crippen LogP contribution in [-0.2, 0) is 4.79 Å². The summed E-state index contributed by atoms with van der Waals surface area (Å²) in [5, 5.41) is 15.8. The van der Waals surface area contributed by atoms with Gasteiger partial charge >= 0.3 is 5.97 Å². The lowest BCUT2D eigenvalue weighted by atomic mass is 10.4. The molecule has 13 heavy (non-hydrogen) atoms. The molecule has 0 spiro atoms. The van der Waals surface area contributed by atoms with E-state index in [1.54, 1.807) is 6.20 Å². The van der Waals surface area contributed by atoms with Crippen LogP contribution < -0.4 is 0 Å². The summed E-state index contributed by atoms with van der Waals surface area (Å²) in [6.07, 6.45) is 0.556. The largest absolute Gasteiger partial charge is 0.479 e. The minimum absolute atomic E-state index is 1.07. The van der Waals surface area contributed by atoms with E-state index in [1.807, 2.05) is 25.1 Å². The highest BCUT2D eigenvalue weighted by Crippen LogP contribution is 1.86. The Hall–Kier alpha value is -1.42. The van der Waals surface area contributed by atoms with Gasteiger partial charge in [0.15, 0.2) is 0 Å². The third kappa shape index (κ3) is 6.96. The van der Waals surface area contributed by atoms with Crippen LogP contribution >= 0.6 is 0 Å². The summed E-state index contributed by atoms with van der Waals surface area (Å²) >= 11 is 0. The zero-order valence-corrected chi connectivity index (χ0v) is 7.64. The van der Waals surface area contributed by atoms with Crippen LogP contribution in [0.3, 0.4) is 0 Å². The van der Waals surface area contributed by atoms with Crippen LogP contribution in [0.1, 0.15) is 12.6 Å². The monoisotopic (exact) mass is 183 g/mol. The number of hydrogen-bond donors (Lipinski definition) is 2.